The lowest BCUT2D eigenvalue weighted by Crippen LogP contribution is -2.14. The summed E-state index contributed by atoms with van der Waals surface area (Å²) in [5.74, 6) is -1.22. The van der Waals surface area contributed by atoms with Gasteiger partial charge in [0, 0.05) is 6.07 Å². The molecule has 8 nitrogen and oxygen atoms in total. The van der Waals surface area contributed by atoms with Crippen molar-refractivity contribution in [1.82, 2.24) is 0 Å². The standard InChI is InChI=1S/C9H8Cl2N2O6S/c10-9(11)20(18,19)5-1-2-6(12-4-8(14)15)7(3-5)13(16)17/h1-3,9,12H,4H2,(H,14,15). The van der Waals surface area contributed by atoms with Gasteiger partial charge in [0.1, 0.15) is 12.2 Å². The van der Waals surface area contributed by atoms with E-state index in [1.54, 1.807) is 0 Å². The van der Waals surface area contributed by atoms with Crippen molar-refractivity contribution in [3.8, 4) is 0 Å². The fraction of sp³-hybridized carbons (Fsp3) is 0.222. The van der Waals surface area contributed by atoms with Crippen molar-refractivity contribution in [3.05, 3.63) is 28.3 Å². The lowest BCUT2D eigenvalue weighted by atomic mass is 10.2. The molecule has 0 saturated carbocycles. The number of benzene rings is 1. The number of nitrogens with one attached hydrogen (secondary N) is 1. The van der Waals surface area contributed by atoms with Crippen LogP contribution in [-0.4, -0.2) is 35.1 Å². The highest BCUT2D eigenvalue weighted by Gasteiger charge is 2.26. The van der Waals surface area contributed by atoms with Crippen LogP contribution in [0.4, 0.5) is 11.4 Å². The van der Waals surface area contributed by atoms with E-state index in [1.165, 1.54) is 0 Å². The van der Waals surface area contributed by atoms with Crippen LogP contribution in [0.3, 0.4) is 0 Å². The first kappa shape index (κ1) is 16.5. The maximum Gasteiger partial charge on any atom is 0.322 e. The third-order valence-corrected chi connectivity index (χ3v) is 4.95. The number of carboxylic acid groups (broad SMARTS) is 1. The highest BCUT2D eigenvalue weighted by Crippen LogP contribution is 2.30. The molecule has 1 aromatic rings. The molecule has 0 saturated heterocycles. The number of hydrogen-bond acceptors (Lipinski definition) is 6. The molecule has 0 aliphatic carbocycles. The molecule has 0 fully saturated rings. The van der Waals surface area contributed by atoms with Gasteiger partial charge in [0.2, 0.25) is 14.0 Å². The van der Waals surface area contributed by atoms with Gasteiger partial charge in [-0.2, -0.15) is 0 Å². The summed E-state index contributed by atoms with van der Waals surface area (Å²) in [6.45, 7) is -0.555. The molecule has 0 radical (unpaired) electrons. The number of carbonyl (C=O) groups is 1. The molecule has 0 spiro atoms. The fourth-order valence-corrected chi connectivity index (χ4v) is 2.62. The minimum absolute atomic E-state index is 0.128. The first-order valence-corrected chi connectivity index (χ1v) is 7.34. The summed E-state index contributed by atoms with van der Waals surface area (Å²) < 4.78 is 21.6. The molecule has 0 aromatic heterocycles. The number of anilines is 1. The van der Waals surface area contributed by atoms with E-state index in [1.807, 2.05) is 0 Å². The number of rotatable bonds is 6. The molecule has 1 rings (SSSR count). The largest absolute Gasteiger partial charge is 0.480 e. The molecule has 11 heteroatoms. The Kier molecular flexibility index (Phi) is 5.15. The molecule has 110 valence electrons. The van der Waals surface area contributed by atoms with Gasteiger partial charge in [0.15, 0.2) is 0 Å². The molecule has 0 atom stereocenters. The number of nitrogens with zero attached hydrogens (tertiary/aromatic N) is 1. The van der Waals surface area contributed by atoms with Gasteiger partial charge in [-0.25, -0.2) is 8.42 Å². The van der Waals surface area contributed by atoms with Crippen LogP contribution < -0.4 is 5.32 Å². The summed E-state index contributed by atoms with van der Waals surface area (Å²) in [5, 5.41) is 21.7. The summed E-state index contributed by atoms with van der Waals surface area (Å²) in [6, 6.07) is 2.88. The number of aliphatic carboxylic acids is 1. The summed E-state index contributed by atoms with van der Waals surface area (Å²) >= 11 is 10.6. The number of alkyl halides is 2. The maximum atomic E-state index is 11.7. The van der Waals surface area contributed by atoms with Crippen molar-refractivity contribution in [2.24, 2.45) is 0 Å². The minimum atomic E-state index is -4.10. The van der Waals surface area contributed by atoms with E-state index >= 15 is 0 Å². The average Bonchev–Trinajstić information content (AvgIpc) is 2.35. The highest BCUT2D eigenvalue weighted by atomic mass is 35.5. The SMILES string of the molecule is O=C(O)CNc1ccc(S(=O)(=O)C(Cl)Cl)cc1[N+](=O)[O-]. The van der Waals surface area contributed by atoms with Gasteiger partial charge in [0.05, 0.1) is 9.82 Å². The van der Waals surface area contributed by atoms with E-state index in [0.717, 1.165) is 18.2 Å². The molecule has 0 heterocycles. The molecule has 1 aromatic carbocycles. The number of nitro benzene ring substituents is 1. The van der Waals surface area contributed by atoms with Crippen molar-refractivity contribution < 1.29 is 23.2 Å². The van der Waals surface area contributed by atoms with Crippen molar-refractivity contribution in [2.45, 2.75) is 9.06 Å². The zero-order chi connectivity index (χ0) is 15.5. The Morgan fingerprint density at radius 1 is 1.45 bits per heavy atom. The number of carboxylic acids is 1. The van der Waals surface area contributed by atoms with E-state index < -0.39 is 42.0 Å². The van der Waals surface area contributed by atoms with Crippen LogP contribution in [0.15, 0.2) is 23.1 Å². The maximum absolute atomic E-state index is 11.7. The van der Waals surface area contributed by atoms with Gasteiger partial charge < -0.3 is 10.4 Å². The number of nitro groups is 1. The summed E-state index contributed by atoms with van der Waals surface area (Å²) in [5.41, 5.74) is -0.724. The topological polar surface area (TPSA) is 127 Å². The van der Waals surface area contributed by atoms with E-state index in [0.29, 0.717) is 0 Å². The zero-order valence-electron chi connectivity index (χ0n) is 9.62. The molecule has 0 aliphatic rings. The van der Waals surface area contributed by atoms with Crippen LogP contribution >= 0.6 is 23.2 Å². The van der Waals surface area contributed by atoms with Crippen molar-refractivity contribution in [1.29, 1.82) is 0 Å². The third-order valence-electron chi connectivity index (χ3n) is 2.16. The zero-order valence-corrected chi connectivity index (χ0v) is 11.9. The normalized spacial score (nSPS) is 11.3. The summed E-state index contributed by atoms with van der Waals surface area (Å²) in [7, 11) is -4.10. The van der Waals surface area contributed by atoms with Crippen LogP contribution in [0.5, 0.6) is 0 Å². The summed E-state index contributed by atoms with van der Waals surface area (Å²) in [4.78, 5) is 20.0. The minimum Gasteiger partial charge on any atom is -0.480 e. The van der Waals surface area contributed by atoms with Crippen LogP contribution in [0.25, 0.3) is 0 Å². The van der Waals surface area contributed by atoms with Crippen LogP contribution in [0, 0.1) is 10.1 Å². The Morgan fingerprint density at radius 2 is 2.05 bits per heavy atom. The second-order valence-electron chi connectivity index (χ2n) is 3.49. The Hall–Kier alpha value is -1.58. The molecular weight excluding hydrogens is 335 g/mol. The second-order valence-corrected chi connectivity index (χ2v) is 7.14. The van der Waals surface area contributed by atoms with E-state index in [2.05, 4.69) is 5.32 Å². The van der Waals surface area contributed by atoms with Gasteiger partial charge >= 0.3 is 5.97 Å². The number of sulfone groups is 1. The van der Waals surface area contributed by atoms with E-state index in [4.69, 9.17) is 28.3 Å². The number of hydrogen-bond donors (Lipinski definition) is 2. The van der Waals surface area contributed by atoms with E-state index in [9.17, 15) is 23.3 Å². The monoisotopic (exact) mass is 342 g/mol. The smallest absolute Gasteiger partial charge is 0.322 e. The molecule has 20 heavy (non-hydrogen) atoms. The van der Waals surface area contributed by atoms with Crippen LogP contribution in [0.1, 0.15) is 0 Å². The molecular formula is C9H8Cl2N2O6S. The summed E-state index contributed by atoms with van der Waals surface area (Å²) in [6.07, 6.45) is 0. The third kappa shape index (κ3) is 3.71. The van der Waals surface area contributed by atoms with Gasteiger partial charge in [0.25, 0.3) is 5.69 Å². The Bertz CT molecular complexity index is 646. The van der Waals surface area contributed by atoms with Gasteiger partial charge in [-0.15, -0.1) is 0 Å². The average molecular weight is 343 g/mol. The van der Waals surface area contributed by atoms with Gasteiger partial charge in [-0.3, -0.25) is 14.9 Å². The van der Waals surface area contributed by atoms with Crippen molar-refractivity contribution in [2.75, 3.05) is 11.9 Å². The fourth-order valence-electron chi connectivity index (χ4n) is 1.26. The predicted molar refractivity (Wildman–Crippen MR) is 71.9 cm³/mol. The van der Waals surface area contributed by atoms with Gasteiger partial charge in [-0.05, 0) is 12.1 Å². The Labute approximate surface area is 123 Å². The highest BCUT2D eigenvalue weighted by molar-refractivity contribution is 7.94. The molecule has 0 amide bonds. The van der Waals surface area contributed by atoms with Crippen LogP contribution in [0.2, 0.25) is 0 Å². The first-order valence-electron chi connectivity index (χ1n) is 4.92. The van der Waals surface area contributed by atoms with Crippen molar-refractivity contribution in [3.63, 3.8) is 0 Å². The van der Waals surface area contributed by atoms with E-state index in [-0.39, 0.29) is 5.69 Å². The molecule has 0 aliphatic heterocycles. The van der Waals surface area contributed by atoms with Crippen LogP contribution in [-0.2, 0) is 14.6 Å². The Balaban J connectivity index is 3.27. The van der Waals surface area contributed by atoms with Crippen molar-refractivity contribution >= 4 is 50.4 Å². The quantitative estimate of drug-likeness (QED) is 0.456. The number of halogens is 2. The molecule has 2 N–H and O–H groups in total. The molecule has 0 unspecified atom stereocenters. The molecule has 0 bridgehead atoms. The van der Waals surface area contributed by atoms with Gasteiger partial charge in [-0.1, -0.05) is 23.2 Å². The Morgan fingerprint density at radius 3 is 2.50 bits per heavy atom. The lowest BCUT2D eigenvalue weighted by Gasteiger charge is -2.08. The first-order chi connectivity index (χ1) is 9.16. The predicted octanol–water partition coefficient (Wildman–Crippen LogP) is 1.63. The lowest BCUT2D eigenvalue weighted by molar-refractivity contribution is -0.384. The second kappa shape index (κ2) is 6.25.